The molecule has 2 saturated carbocycles. The molecule has 3 N–H and O–H groups in total. The van der Waals surface area contributed by atoms with E-state index in [4.69, 9.17) is 15.5 Å². The zero-order valence-electron chi connectivity index (χ0n) is 23.6. The van der Waals surface area contributed by atoms with Gasteiger partial charge < -0.3 is 20.7 Å². The third-order valence-electron chi connectivity index (χ3n) is 8.36. The molecular weight excluding hydrogens is 579 g/mol. The number of hydrogen-bond donors (Lipinski definition) is 2. The van der Waals surface area contributed by atoms with Gasteiger partial charge >= 0.3 is 6.18 Å². The van der Waals surface area contributed by atoms with Crippen LogP contribution in [0.2, 0.25) is 0 Å². The molecule has 228 valence electrons. The molecule has 1 amide bonds. The lowest BCUT2D eigenvalue weighted by atomic mass is 9.89. The average molecular weight is 614 g/mol. The lowest BCUT2D eigenvalue weighted by molar-refractivity contribution is -0.137. The number of alkyl halides is 3. The molecule has 0 saturated heterocycles. The predicted octanol–water partition coefficient (Wildman–Crippen LogP) is 4.95. The van der Waals surface area contributed by atoms with Crippen LogP contribution in [-0.2, 0) is 23.9 Å². The van der Waals surface area contributed by atoms with Crippen LogP contribution in [0.3, 0.4) is 0 Å². The molecule has 12 heteroatoms. The van der Waals surface area contributed by atoms with Crippen molar-refractivity contribution in [2.45, 2.75) is 80.2 Å². The molecule has 2 aromatic carbocycles. The number of amides is 1. The minimum atomic E-state index is -4.37. The first kappa shape index (κ1) is 29.6. The largest absolute Gasteiger partial charge is 0.490 e. The third kappa shape index (κ3) is 6.70. The molecule has 43 heavy (non-hydrogen) atoms. The van der Waals surface area contributed by atoms with E-state index in [1.54, 1.807) is 33.4 Å². The van der Waals surface area contributed by atoms with Gasteiger partial charge in [0.15, 0.2) is 5.16 Å². The summed E-state index contributed by atoms with van der Waals surface area (Å²) < 4.78 is 45.7. The number of nitrogens with two attached hydrogens (primary N) is 1. The Labute approximate surface area is 251 Å². The van der Waals surface area contributed by atoms with Crippen molar-refractivity contribution in [3.05, 3.63) is 75.7 Å². The van der Waals surface area contributed by atoms with Gasteiger partial charge in [-0.25, -0.2) is 4.98 Å². The summed E-state index contributed by atoms with van der Waals surface area (Å²) in [5, 5.41) is 4.50. The van der Waals surface area contributed by atoms with Crippen LogP contribution in [0.15, 0.2) is 58.5 Å². The highest BCUT2D eigenvalue weighted by atomic mass is 32.2. The Morgan fingerprint density at radius 2 is 1.91 bits per heavy atom. The van der Waals surface area contributed by atoms with E-state index < -0.39 is 11.7 Å². The standard InChI is InChI=1S/C31H34F3N5O3S/c32-31(33,34)19-7-9-23(10-8-19)42-24-16-21(17-24)36-13-11-28(40)38-14-12-27-26(18-38)29(41)39(22-4-1-3-20(35)15-22)30(37-27)43-25-5-2-6-25/h1,3-4,7-10,15,21,24-25,36H,2,5-6,11-14,16-18,35H2. The highest BCUT2D eigenvalue weighted by Gasteiger charge is 2.33. The Morgan fingerprint density at radius 3 is 2.58 bits per heavy atom. The van der Waals surface area contributed by atoms with Gasteiger partial charge in [-0.3, -0.25) is 14.2 Å². The van der Waals surface area contributed by atoms with Crippen molar-refractivity contribution < 1.29 is 22.7 Å². The Bertz CT molecular complexity index is 1540. The van der Waals surface area contributed by atoms with Gasteiger partial charge in [0.2, 0.25) is 5.91 Å². The van der Waals surface area contributed by atoms with Crippen LogP contribution < -0.4 is 21.3 Å². The molecule has 1 aromatic heterocycles. The molecule has 0 unspecified atom stereocenters. The minimum absolute atomic E-state index is 0.0298. The van der Waals surface area contributed by atoms with Crippen LogP contribution in [0, 0.1) is 0 Å². The zero-order valence-corrected chi connectivity index (χ0v) is 24.4. The van der Waals surface area contributed by atoms with E-state index in [0.717, 1.165) is 30.7 Å². The molecule has 8 nitrogen and oxygen atoms in total. The van der Waals surface area contributed by atoms with E-state index in [9.17, 15) is 22.8 Å². The number of rotatable bonds is 9. The molecule has 0 atom stereocenters. The van der Waals surface area contributed by atoms with Gasteiger partial charge in [-0.1, -0.05) is 24.2 Å². The van der Waals surface area contributed by atoms with Crippen LogP contribution in [-0.4, -0.2) is 50.8 Å². The van der Waals surface area contributed by atoms with Crippen molar-refractivity contribution in [1.29, 1.82) is 0 Å². The Morgan fingerprint density at radius 1 is 1.14 bits per heavy atom. The molecular formula is C31H34F3N5O3S. The number of ether oxygens (including phenoxy) is 1. The van der Waals surface area contributed by atoms with Gasteiger partial charge in [-0.2, -0.15) is 13.2 Å². The number of nitrogens with zero attached hydrogens (tertiary/aromatic N) is 3. The minimum Gasteiger partial charge on any atom is -0.490 e. The lowest BCUT2D eigenvalue weighted by Crippen LogP contribution is -2.48. The summed E-state index contributed by atoms with van der Waals surface area (Å²) in [6.45, 7) is 1.23. The zero-order chi connectivity index (χ0) is 30.1. The van der Waals surface area contributed by atoms with Gasteiger partial charge in [0.25, 0.3) is 5.56 Å². The summed E-state index contributed by atoms with van der Waals surface area (Å²) in [4.78, 5) is 33.6. The Hall–Kier alpha value is -3.51. The Kier molecular flexibility index (Phi) is 8.41. The number of benzene rings is 2. The van der Waals surface area contributed by atoms with Crippen molar-refractivity contribution in [1.82, 2.24) is 19.8 Å². The lowest BCUT2D eigenvalue weighted by Gasteiger charge is -2.36. The molecule has 0 bridgehead atoms. The summed E-state index contributed by atoms with van der Waals surface area (Å²) >= 11 is 1.65. The maximum atomic E-state index is 13.8. The molecule has 2 heterocycles. The average Bonchev–Trinajstić information content (AvgIpc) is 2.93. The molecule has 6 rings (SSSR count). The van der Waals surface area contributed by atoms with Gasteiger partial charge in [-0.05, 0) is 68.1 Å². The molecule has 3 aliphatic rings. The number of halogens is 3. The molecule has 2 fully saturated rings. The van der Waals surface area contributed by atoms with E-state index >= 15 is 0 Å². The number of carbonyl (C=O) groups excluding carboxylic acids is 1. The molecule has 3 aromatic rings. The van der Waals surface area contributed by atoms with E-state index in [1.165, 1.54) is 18.6 Å². The summed E-state index contributed by atoms with van der Waals surface area (Å²) in [5.74, 6) is 0.382. The maximum Gasteiger partial charge on any atom is 0.416 e. The highest BCUT2D eigenvalue weighted by molar-refractivity contribution is 7.99. The number of hydrogen-bond acceptors (Lipinski definition) is 7. The van der Waals surface area contributed by atoms with Crippen LogP contribution in [0.5, 0.6) is 5.75 Å². The first-order chi connectivity index (χ1) is 20.6. The van der Waals surface area contributed by atoms with Crippen molar-refractivity contribution in [2.75, 3.05) is 18.8 Å². The fourth-order valence-electron chi connectivity index (χ4n) is 5.56. The molecule has 0 radical (unpaired) electrons. The molecule has 2 aliphatic carbocycles. The normalized spacial score (nSPS) is 20.2. The number of nitrogens with one attached hydrogen (secondary N) is 1. The second-order valence-electron chi connectivity index (χ2n) is 11.4. The van der Waals surface area contributed by atoms with Crippen LogP contribution >= 0.6 is 11.8 Å². The maximum absolute atomic E-state index is 13.8. The van der Waals surface area contributed by atoms with Crippen molar-refractivity contribution >= 4 is 23.4 Å². The SMILES string of the molecule is Nc1cccc(-n2c(SC3CCC3)nc3c(c2=O)CN(C(=O)CCNC2CC(Oc4ccc(C(F)(F)F)cc4)C2)CC3)c1. The number of aromatic nitrogens is 2. The van der Waals surface area contributed by atoms with Gasteiger partial charge in [0, 0.05) is 42.9 Å². The second-order valence-corrected chi connectivity index (χ2v) is 12.7. The van der Waals surface area contributed by atoms with Gasteiger partial charge in [-0.15, -0.1) is 0 Å². The summed E-state index contributed by atoms with van der Waals surface area (Å²) in [6.07, 6.45) is 1.21. The van der Waals surface area contributed by atoms with Crippen molar-refractivity contribution in [3.8, 4) is 11.4 Å². The van der Waals surface area contributed by atoms with Gasteiger partial charge in [0.1, 0.15) is 11.9 Å². The fraction of sp³-hybridized carbons (Fsp3) is 0.452. The van der Waals surface area contributed by atoms with Crippen molar-refractivity contribution in [3.63, 3.8) is 0 Å². The summed E-state index contributed by atoms with van der Waals surface area (Å²) in [6, 6.07) is 12.1. The highest BCUT2D eigenvalue weighted by Crippen LogP contribution is 2.37. The van der Waals surface area contributed by atoms with Crippen molar-refractivity contribution in [2.24, 2.45) is 0 Å². The van der Waals surface area contributed by atoms with E-state index in [1.807, 2.05) is 12.1 Å². The van der Waals surface area contributed by atoms with Crippen LogP contribution in [0.1, 0.15) is 55.3 Å². The van der Waals surface area contributed by atoms with Crippen LogP contribution in [0.25, 0.3) is 5.69 Å². The number of thioether (sulfide) groups is 1. The van der Waals surface area contributed by atoms with Crippen LogP contribution in [0.4, 0.5) is 18.9 Å². The van der Waals surface area contributed by atoms with E-state index in [-0.39, 0.29) is 30.2 Å². The summed E-state index contributed by atoms with van der Waals surface area (Å²) in [7, 11) is 0. The fourth-order valence-corrected chi connectivity index (χ4v) is 6.88. The second kappa shape index (κ2) is 12.2. The number of nitrogen functional groups attached to an aromatic ring is 1. The van der Waals surface area contributed by atoms with Gasteiger partial charge in [0.05, 0.1) is 29.1 Å². The smallest absolute Gasteiger partial charge is 0.416 e. The van der Waals surface area contributed by atoms with E-state index in [2.05, 4.69) is 5.32 Å². The monoisotopic (exact) mass is 613 g/mol. The Balaban J connectivity index is 1.03. The van der Waals surface area contributed by atoms with E-state index in [0.29, 0.717) is 71.9 Å². The number of carbonyl (C=O) groups is 1. The number of anilines is 1. The molecule has 0 spiro atoms. The first-order valence-corrected chi connectivity index (χ1v) is 15.5. The quantitative estimate of drug-likeness (QED) is 0.260. The molecule has 1 aliphatic heterocycles. The number of fused-ring (bicyclic) bond motifs is 1. The predicted molar refractivity (Wildman–Crippen MR) is 158 cm³/mol. The summed E-state index contributed by atoms with van der Waals surface area (Å²) in [5.41, 5.74) is 7.74. The third-order valence-corrected chi connectivity index (χ3v) is 9.64. The first-order valence-electron chi connectivity index (χ1n) is 14.7. The topological polar surface area (TPSA) is 102 Å².